The van der Waals surface area contributed by atoms with Crippen LogP contribution in [0, 0.1) is 17.2 Å². The minimum atomic E-state index is -3.70. The second-order valence-corrected chi connectivity index (χ2v) is 7.34. The fourth-order valence-corrected chi connectivity index (χ4v) is 3.94. The van der Waals surface area contributed by atoms with E-state index in [0.29, 0.717) is 24.5 Å². The molecule has 1 aliphatic carbocycles. The van der Waals surface area contributed by atoms with E-state index in [4.69, 9.17) is 4.74 Å². The van der Waals surface area contributed by atoms with Gasteiger partial charge in [-0.2, -0.15) is 9.98 Å². The molecule has 1 fully saturated rings. The van der Waals surface area contributed by atoms with E-state index in [2.05, 4.69) is 17.7 Å². The number of methoxy groups -OCH3 is 1. The Balaban J connectivity index is 2.21. The highest BCUT2D eigenvalue weighted by Crippen LogP contribution is 2.32. The van der Waals surface area contributed by atoms with Gasteiger partial charge in [-0.1, -0.05) is 6.92 Å². The number of benzene rings is 1. The van der Waals surface area contributed by atoms with Crippen molar-refractivity contribution >= 4 is 10.0 Å². The van der Waals surface area contributed by atoms with Gasteiger partial charge in [-0.05, 0) is 55.9 Å². The third kappa shape index (κ3) is 3.55. The van der Waals surface area contributed by atoms with Gasteiger partial charge in [0.05, 0.1) is 18.1 Å². The lowest BCUT2D eigenvalue weighted by Crippen LogP contribution is -2.49. The van der Waals surface area contributed by atoms with Crippen LogP contribution in [0.5, 0.6) is 5.75 Å². The summed E-state index contributed by atoms with van der Waals surface area (Å²) in [4.78, 5) is 0.150. The average molecular weight is 308 g/mol. The summed E-state index contributed by atoms with van der Waals surface area (Å²) in [6.07, 6.45) is 2.83. The molecule has 0 atom stereocenters. The molecule has 0 bridgehead atoms. The molecule has 114 valence electrons. The Labute approximate surface area is 126 Å². The van der Waals surface area contributed by atoms with E-state index in [1.165, 1.54) is 19.2 Å². The maximum Gasteiger partial charge on any atom is 0.241 e. The molecule has 0 unspecified atom stereocenters. The van der Waals surface area contributed by atoms with Gasteiger partial charge in [0.15, 0.2) is 0 Å². The van der Waals surface area contributed by atoms with E-state index >= 15 is 0 Å². The lowest BCUT2D eigenvalue weighted by molar-refractivity contribution is 0.278. The molecule has 1 aromatic rings. The monoisotopic (exact) mass is 308 g/mol. The molecule has 1 aliphatic rings. The molecular formula is C15H20N2O3S. The standard InChI is InChI=1S/C15H20N2O3S/c1-12-7-9-15(11-16,10-8-12)17-21(18,19)14-5-3-13(20-2)4-6-14/h3-6,12,17H,7-10H2,1-2H3. The molecule has 0 amide bonds. The Morgan fingerprint density at radius 3 is 2.33 bits per heavy atom. The van der Waals surface area contributed by atoms with E-state index < -0.39 is 15.6 Å². The minimum absolute atomic E-state index is 0.150. The van der Waals surface area contributed by atoms with Crippen molar-refractivity contribution in [3.63, 3.8) is 0 Å². The second-order valence-electron chi connectivity index (χ2n) is 5.66. The van der Waals surface area contributed by atoms with E-state index in [1.807, 2.05) is 0 Å². The first kappa shape index (κ1) is 15.8. The van der Waals surface area contributed by atoms with Crippen LogP contribution in [0.1, 0.15) is 32.6 Å². The van der Waals surface area contributed by atoms with E-state index in [0.717, 1.165) is 12.8 Å². The number of nitrogens with zero attached hydrogens (tertiary/aromatic N) is 1. The van der Waals surface area contributed by atoms with Gasteiger partial charge in [0, 0.05) is 0 Å². The SMILES string of the molecule is COc1ccc(S(=O)(=O)NC2(C#N)CCC(C)CC2)cc1. The second kappa shape index (κ2) is 6.04. The van der Waals surface area contributed by atoms with Crippen molar-refractivity contribution < 1.29 is 13.2 Å². The Hall–Kier alpha value is -1.58. The maximum absolute atomic E-state index is 12.4. The molecule has 21 heavy (non-hydrogen) atoms. The molecule has 0 spiro atoms. The van der Waals surface area contributed by atoms with Gasteiger partial charge in [0.25, 0.3) is 0 Å². The van der Waals surface area contributed by atoms with Gasteiger partial charge in [-0.15, -0.1) is 0 Å². The summed E-state index contributed by atoms with van der Waals surface area (Å²) in [7, 11) is -2.18. The van der Waals surface area contributed by atoms with E-state index in [1.54, 1.807) is 12.1 Å². The average Bonchev–Trinajstić information content (AvgIpc) is 2.50. The molecular weight excluding hydrogens is 288 g/mol. The van der Waals surface area contributed by atoms with Gasteiger partial charge in [0.2, 0.25) is 10.0 Å². The normalized spacial score (nSPS) is 26.0. The number of hydrogen-bond acceptors (Lipinski definition) is 4. The third-order valence-electron chi connectivity index (χ3n) is 4.04. The highest BCUT2D eigenvalue weighted by atomic mass is 32.2. The number of hydrogen-bond donors (Lipinski definition) is 1. The van der Waals surface area contributed by atoms with E-state index in [9.17, 15) is 13.7 Å². The largest absolute Gasteiger partial charge is 0.497 e. The summed E-state index contributed by atoms with van der Waals surface area (Å²) in [6.45, 7) is 2.12. The number of sulfonamides is 1. The molecule has 0 heterocycles. The number of ether oxygens (including phenoxy) is 1. The van der Waals surface area contributed by atoms with Crippen LogP contribution >= 0.6 is 0 Å². The summed E-state index contributed by atoms with van der Waals surface area (Å²) < 4.78 is 32.5. The maximum atomic E-state index is 12.4. The highest BCUT2D eigenvalue weighted by Gasteiger charge is 2.38. The Morgan fingerprint density at radius 1 is 1.29 bits per heavy atom. The topological polar surface area (TPSA) is 79.2 Å². The molecule has 1 N–H and O–H groups in total. The van der Waals surface area contributed by atoms with Crippen LogP contribution in [-0.2, 0) is 10.0 Å². The molecule has 0 radical (unpaired) electrons. The lowest BCUT2D eigenvalue weighted by Gasteiger charge is -2.34. The number of nitriles is 1. The van der Waals surface area contributed by atoms with Crippen molar-refractivity contribution in [1.82, 2.24) is 4.72 Å². The van der Waals surface area contributed by atoms with Crippen molar-refractivity contribution in [2.24, 2.45) is 5.92 Å². The van der Waals surface area contributed by atoms with Crippen LogP contribution in [-0.4, -0.2) is 21.1 Å². The van der Waals surface area contributed by atoms with Gasteiger partial charge in [-0.3, -0.25) is 0 Å². The zero-order valence-electron chi connectivity index (χ0n) is 12.3. The third-order valence-corrected chi connectivity index (χ3v) is 5.59. The van der Waals surface area contributed by atoms with Crippen LogP contribution in [0.3, 0.4) is 0 Å². The summed E-state index contributed by atoms with van der Waals surface area (Å²) in [5, 5.41) is 9.42. The van der Waals surface area contributed by atoms with Crippen LogP contribution in [0.15, 0.2) is 29.2 Å². The Bertz CT molecular complexity index is 624. The highest BCUT2D eigenvalue weighted by molar-refractivity contribution is 7.89. The zero-order valence-corrected chi connectivity index (χ0v) is 13.1. The fourth-order valence-electron chi connectivity index (χ4n) is 2.56. The zero-order chi connectivity index (χ0) is 15.5. The van der Waals surface area contributed by atoms with Crippen LogP contribution in [0.2, 0.25) is 0 Å². The number of rotatable bonds is 4. The smallest absolute Gasteiger partial charge is 0.241 e. The van der Waals surface area contributed by atoms with Gasteiger partial charge >= 0.3 is 0 Å². The predicted octanol–water partition coefficient (Wildman–Crippen LogP) is 2.45. The summed E-state index contributed by atoms with van der Waals surface area (Å²) in [5.74, 6) is 1.13. The number of nitrogens with one attached hydrogen (secondary N) is 1. The molecule has 0 aliphatic heterocycles. The predicted molar refractivity (Wildman–Crippen MR) is 79.3 cm³/mol. The van der Waals surface area contributed by atoms with E-state index in [-0.39, 0.29) is 4.90 Å². The molecule has 5 nitrogen and oxygen atoms in total. The minimum Gasteiger partial charge on any atom is -0.497 e. The Kier molecular flexibility index (Phi) is 4.55. The van der Waals surface area contributed by atoms with Crippen molar-refractivity contribution in [2.75, 3.05) is 7.11 Å². The fraction of sp³-hybridized carbons (Fsp3) is 0.533. The quantitative estimate of drug-likeness (QED) is 0.926. The summed E-state index contributed by atoms with van der Waals surface area (Å²) >= 11 is 0. The first-order valence-electron chi connectivity index (χ1n) is 7.00. The van der Waals surface area contributed by atoms with Gasteiger partial charge < -0.3 is 4.74 Å². The van der Waals surface area contributed by atoms with Crippen LogP contribution in [0.4, 0.5) is 0 Å². The summed E-state index contributed by atoms with van der Waals surface area (Å²) in [5.41, 5.74) is -0.981. The molecule has 0 aromatic heterocycles. The van der Waals surface area contributed by atoms with Crippen molar-refractivity contribution in [3.05, 3.63) is 24.3 Å². The lowest BCUT2D eigenvalue weighted by atomic mass is 9.79. The first-order chi connectivity index (χ1) is 9.91. The first-order valence-corrected chi connectivity index (χ1v) is 8.48. The Morgan fingerprint density at radius 2 is 1.86 bits per heavy atom. The van der Waals surface area contributed by atoms with Crippen molar-refractivity contribution in [2.45, 2.75) is 43.0 Å². The molecule has 1 saturated carbocycles. The molecule has 2 rings (SSSR count). The van der Waals surface area contributed by atoms with Gasteiger partial charge in [-0.25, -0.2) is 8.42 Å². The van der Waals surface area contributed by atoms with Crippen molar-refractivity contribution in [1.29, 1.82) is 5.26 Å². The van der Waals surface area contributed by atoms with Crippen LogP contribution < -0.4 is 9.46 Å². The molecule has 0 saturated heterocycles. The van der Waals surface area contributed by atoms with Crippen LogP contribution in [0.25, 0.3) is 0 Å². The molecule has 6 heteroatoms. The van der Waals surface area contributed by atoms with Crippen molar-refractivity contribution in [3.8, 4) is 11.8 Å². The molecule has 1 aromatic carbocycles. The summed E-state index contributed by atoms with van der Waals surface area (Å²) in [6, 6.07) is 8.33. The van der Waals surface area contributed by atoms with Gasteiger partial charge in [0.1, 0.15) is 11.3 Å².